The molecule has 1 aromatic heterocycles. The summed E-state index contributed by atoms with van der Waals surface area (Å²) < 4.78 is 6.84. The zero-order chi connectivity index (χ0) is 20.3. The number of nitrogens with one attached hydrogen (secondary N) is 1. The van der Waals surface area contributed by atoms with Crippen LogP contribution in [-0.2, 0) is 6.54 Å². The van der Waals surface area contributed by atoms with Crippen LogP contribution in [0.4, 0.5) is 0 Å². The fourth-order valence-corrected chi connectivity index (χ4v) is 3.44. The van der Waals surface area contributed by atoms with E-state index in [-0.39, 0.29) is 23.7 Å². The molecule has 0 spiro atoms. The van der Waals surface area contributed by atoms with E-state index in [0.717, 1.165) is 17.9 Å². The van der Waals surface area contributed by atoms with Gasteiger partial charge in [0.25, 0.3) is 11.5 Å². The Bertz CT molecular complexity index is 962. The molecule has 150 valence electrons. The lowest BCUT2D eigenvalue weighted by atomic mass is 10.3. The number of ether oxygens (including phenoxy) is 1. The summed E-state index contributed by atoms with van der Waals surface area (Å²) in [5.74, 6) is 1.35. The van der Waals surface area contributed by atoms with Gasteiger partial charge in [-0.3, -0.25) is 9.59 Å². The number of carbonyl (C=O) groups is 1. The molecule has 29 heavy (non-hydrogen) atoms. The molecule has 0 unspecified atom stereocenters. The molecule has 2 aromatic carbocycles. The number of thioether (sulfide) groups is 1. The van der Waals surface area contributed by atoms with Gasteiger partial charge in [-0.15, -0.1) is 11.8 Å². The Labute approximate surface area is 173 Å². The quantitative estimate of drug-likeness (QED) is 0.411. The van der Waals surface area contributed by atoms with Crippen molar-refractivity contribution in [1.82, 2.24) is 15.1 Å². The van der Waals surface area contributed by atoms with Gasteiger partial charge in [0.1, 0.15) is 18.1 Å². The van der Waals surface area contributed by atoms with E-state index in [0.29, 0.717) is 13.2 Å². The van der Waals surface area contributed by atoms with Gasteiger partial charge in [0.05, 0.1) is 6.54 Å². The van der Waals surface area contributed by atoms with Crippen LogP contribution in [-0.4, -0.2) is 34.6 Å². The molecule has 1 N–H and O–H groups in total. The summed E-state index contributed by atoms with van der Waals surface area (Å²) in [5.41, 5.74) is -0.0440. The molecule has 0 aliphatic heterocycles. The fourth-order valence-electron chi connectivity index (χ4n) is 2.57. The molecule has 1 amide bonds. The van der Waals surface area contributed by atoms with Crippen LogP contribution in [0.5, 0.6) is 5.75 Å². The van der Waals surface area contributed by atoms with E-state index >= 15 is 0 Å². The predicted octanol–water partition coefficient (Wildman–Crippen LogP) is 3.23. The van der Waals surface area contributed by atoms with Crippen LogP contribution in [0.3, 0.4) is 0 Å². The van der Waals surface area contributed by atoms with Gasteiger partial charge in [0.2, 0.25) is 0 Å². The molecule has 0 aliphatic carbocycles. The summed E-state index contributed by atoms with van der Waals surface area (Å²) >= 11 is 1.75. The smallest absolute Gasteiger partial charge is 0.271 e. The molecule has 0 atom stereocenters. The van der Waals surface area contributed by atoms with Crippen molar-refractivity contribution < 1.29 is 9.53 Å². The first-order chi connectivity index (χ1) is 14.2. The lowest BCUT2D eigenvalue weighted by Gasteiger charge is -2.09. The molecule has 1 heterocycles. The maximum Gasteiger partial charge on any atom is 0.271 e. The van der Waals surface area contributed by atoms with Crippen molar-refractivity contribution in [2.75, 3.05) is 18.9 Å². The molecule has 6 nitrogen and oxygen atoms in total. The molecule has 0 radical (unpaired) electrons. The third-order valence-electron chi connectivity index (χ3n) is 4.03. The second-order valence-electron chi connectivity index (χ2n) is 6.21. The zero-order valence-corrected chi connectivity index (χ0v) is 16.8. The van der Waals surface area contributed by atoms with Crippen LogP contribution >= 0.6 is 11.8 Å². The minimum absolute atomic E-state index is 0.222. The lowest BCUT2D eigenvalue weighted by Crippen LogP contribution is -2.31. The van der Waals surface area contributed by atoms with E-state index in [1.807, 2.05) is 48.5 Å². The normalized spacial score (nSPS) is 10.5. The Morgan fingerprint density at radius 1 is 1.00 bits per heavy atom. The van der Waals surface area contributed by atoms with Crippen molar-refractivity contribution in [1.29, 1.82) is 0 Å². The molecule has 7 heteroatoms. The molecule has 0 aliphatic rings. The van der Waals surface area contributed by atoms with Crippen LogP contribution in [0.25, 0.3) is 0 Å². The van der Waals surface area contributed by atoms with Crippen LogP contribution in [0, 0.1) is 0 Å². The Hall–Kier alpha value is -3.06. The van der Waals surface area contributed by atoms with Crippen LogP contribution in [0.2, 0.25) is 0 Å². The minimum Gasteiger partial charge on any atom is -0.492 e. The number of hydrogen-bond acceptors (Lipinski definition) is 5. The Morgan fingerprint density at radius 3 is 2.48 bits per heavy atom. The average Bonchev–Trinajstić information content (AvgIpc) is 2.76. The standard InChI is InChI=1S/C22H23N3O3S/c26-21-13-12-20(24-25(21)15-16-28-18-8-3-1-4-9-18)22(27)23-14-7-17-29-19-10-5-2-6-11-19/h1-6,8-13H,7,14-17H2,(H,23,27). The second-order valence-corrected chi connectivity index (χ2v) is 7.38. The average molecular weight is 410 g/mol. The largest absolute Gasteiger partial charge is 0.492 e. The Morgan fingerprint density at radius 2 is 1.72 bits per heavy atom. The summed E-state index contributed by atoms with van der Waals surface area (Å²) in [7, 11) is 0. The van der Waals surface area contributed by atoms with Crippen molar-refractivity contribution in [2.24, 2.45) is 0 Å². The van der Waals surface area contributed by atoms with Crippen molar-refractivity contribution in [3.05, 3.63) is 88.8 Å². The molecular formula is C22H23N3O3S. The van der Waals surface area contributed by atoms with Crippen molar-refractivity contribution in [2.45, 2.75) is 17.9 Å². The van der Waals surface area contributed by atoms with E-state index in [1.54, 1.807) is 11.8 Å². The highest BCUT2D eigenvalue weighted by Crippen LogP contribution is 2.17. The number of para-hydroxylation sites is 1. The maximum atomic E-state index is 12.3. The minimum atomic E-state index is -0.285. The Kier molecular flexibility index (Phi) is 7.89. The van der Waals surface area contributed by atoms with Crippen LogP contribution in [0.15, 0.2) is 82.5 Å². The molecule has 3 aromatic rings. The molecule has 0 bridgehead atoms. The van der Waals surface area contributed by atoms with Crippen molar-refractivity contribution in [3.8, 4) is 5.75 Å². The van der Waals surface area contributed by atoms with Crippen LogP contribution in [0.1, 0.15) is 16.9 Å². The SMILES string of the molecule is O=C(NCCCSc1ccccc1)c1ccc(=O)n(CCOc2ccccc2)n1. The predicted molar refractivity (Wildman–Crippen MR) is 115 cm³/mol. The summed E-state index contributed by atoms with van der Waals surface area (Å²) in [6.07, 6.45) is 0.843. The molecule has 3 rings (SSSR count). The van der Waals surface area contributed by atoms with Gasteiger partial charge in [0.15, 0.2) is 0 Å². The monoisotopic (exact) mass is 409 g/mol. The van der Waals surface area contributed by atoms with Gasteiger partial charge >= 0.3 is 0 Å². The van der Waals surface area contributed by atoms with Crippen molar-refractivity contribution in [3.63, 3.8) is 0 Å². The number of benzene rings is 2. The van der Waals surface area contributed by atoms with Crippen molar-refractivity contribution >= 4 is 17.7 Å². The summed E-state index contributed by atoms with van der Waals surface area (Å²) in [4.78, 5) is 25.5. The van der Waals surface area contributed by atoms with Crippen LogP contribution < -0.4 is 15.6 Å². The maximum absolute atomic E-state index is 12.3. The van der Waals surface area contributed by atoms with E-state index in [2.05, 4.69) is 22.5 Å². The first kappa shape index (κ1) is 20.7. The summed E-state index contributed by atoms with van der Waals surface area (Å²) in [6.45, 7) is 1.11. The van der Waals surface area contributed by atoms with E-state index < -0.39 is 0 Å². The molecule has 0 fully saturated rings. The highest BCUT2D eigenvalue weighted by molar-refractivity contribution is 7.99. The topological polar surface area (TPSA) is 73.2 Å². The molecule has 0 saturated carbocycles. The van der Waals surface area contributed by atoms with Gasteiger partial charge in [-0.2, -0.15) is 5.10 Å². The van der Waals surface area contributed by atoms with Gasteiger partial charge in [-0.25, -0.2) is 4.68 Å². The molecule has 0 saturated heterocycles. The summed E-state index contributed by atoms with van der Waals surface area (Å²) in [5, 5.41) is 7.01. The van der Waals surface area contributed by atoms with E-state index in [1.165, 1.54) is 21.7 Å². The zero-order valence-electron chi connectivity index (χ0n) is 16.0. The third kappa shape index (κ3) is 6.80. The van der Waals surface area contributed by atoms with Gasteiger partial charge in [-0.1, -0.05) is 36.4 Å². The highest BCUT2D eigenvalue weighted by Gasteiger charge is 2.09. The second kappa shape index (κ2) is 11.1. The first-order valence-corrected chi connectivity index (χ1v) is 10.4. The van der Waals surface area contributed by atoms with E-state index in [9.17, 15) is 9.59 Å². The lowest BCUT2D eigenvalue weighted by molar-refractivity contribution is 0.0945. The number of hydrogen-bond donors (Lipinski definition) is 1. The number of rotatable bonds is 10. The van der Waals surface area contributed by atoms with Gasteiger partial charge in [-0.05, 0) is 42.5 Å². The third-order valence-corrected chi connectivity index (χ3v) is 5.13. The number of amides is 1. The first-order valence-electron chi connectivity index (χ1n) is 9.44. The van der Waals surface area contributed by atoms with E-state index in [4.69, 9.17) is 4.74 Å². The number of nitrogens with zero attached hydrogens (tertiary/aromatic N) is 2. The molecular weight excluding hydrogens is 386 g/mol. The number of aromatic nitrogens is 2. The van der Waals surface area contributed by atoms with Gasteiger partial charge in [0, 0.05) is 17.5 Å². The summed E-state index contributed by atoms with van der Waals surface area (Å²) in [6, 6.07) is 22.3. The van der Waals surface area contributed by atoms with Gasteiger partial charge < -0.3 is 10.1 Å². The fraction of sp³-hybridized carbons (Fsp3) is 0.227. The number of carbonyl (C=O) groups excluding carboxylic acids is 1. The Balaban J connectivity index is 1.44. The highest BCUT2D eigenvalue weighted by atomic mass is 32.2.